The second-order valence-electron chi connectivity index (χ2n) is 7.81. The molecule has 0 radical (unpaired) electrons. The molecule has 1 saturated heterocycles. The van der Waals surface area contributed by atoms with E-state index < -0.39 is 22.3 Å². The van der Waals surface area contributed by atoms with E-state index in [0.29, 0.717) is 41.6 Å². The van der Waals surface area contributed by atoms with Gasteiger partial charge in [0.1, 0.15) is 22.8 Å². The molecule has 10 nitrogen and oxygen atoms in total. The van der Waals surface area contributed by atoms with Gasteiger partial charge in [-0.2, -0.15) is 0 Å². The van der Waals surface area contributed by atoms with E-state index in [2.05, 4.69) is 24.9 Å². The van der Waals surface area contributed by atoms with E-state index in [1.807, 2.05) is 28.8 Å². The van der Waals surface area contributed by atoms with Crippen LogP contribution in [0.15, 0.2) is 36.7 Å². The van der Waals surface area contributed by atoms with Gasteiger partial charge in [-0.25, -0.2) is 14.2 Å². The van der Waals surface area contributed by atoms with Crippen molar-refractivity contribution in [2.75, 3.05) is 32.2 Å². The molecular formula is C22H27ClN6O4S. The zero-order chi connectivity index (χ0) is 24.1. The Balaban J connectivity index is 1.65. The summed E-state index contributed by atoms with van der Waals surface area (Å²) in [6.07, 6.45) is 4.15. The minimum Gasteiger partial charge on any atom is -0.496 e. The second-order valence-corrected chi connectivity index (χ2v) is 9.79. The van der Waals surface area contributed by atoms with E-state index in [9.17, 15) is 4.21 Å². The number of benzene rings is 1. The lowest BCUT2D eigenvalue weighted by Crippen LogP contribution is -2.30. The van der Waals surface area contributed by atoms with Crippen LogP contribution in [0.1, 0.15) is 37.7 Å². The number of hydrogen-bond acceptors (Lipinski definition) is 8. The summed E-state index contributed by atoms with van der Waals surface area (Å²) in [5.41, 5.74) is 0.791. The quantitative estimate of drug-likeness (QED) is 0.468. The van der Waals surface area contributed by atoms with Gasteiger partial charge in [0.05, 0.1) is 35.6 Å². The number of halogens is 1. The highest BCUT2D eigenvalue weighted by Gasteiger charge is 2.30. The largest absolute Gasteiger partial charge is 0.496 e. The fourth-order valence-corrected chi connectivity index (χ4v) is 4.98. The van der Waals surface area contributed by atoms with Crippen molar-refractivity contribution in [3.8, 4) is 17.1 Å². The van der Waals surface area contributed by atoms with E-state index in [-0.39, 0.29) is 6.04 Å². The Labute approximate surface area is 205 Å². The minimum atomic E-state index is -1.60. The number of hydrogen-bond donors (Lipinski definition) is 1. The van der Waals surface area contributed by atoms with Crippen LogP contribution in [-0.2, 0) is 20.5 Å². The Morgan fingerprint density at radius 1 is 1.24 bits per heavy atom. The maximum atomic E-state index is 13.4. The SMILES string of the molecule is COc1ccccc1-c1nnc(NS(=O)C(C)C(OC)c2ncc(Cl)cn2)n1C1CCCOC1. The predicted molar refractivity (Wildman–Crippen MR) is 129 cm³/mol. The molecule has 0 aliphatic carbocycles. The second kappa shape index (κ2) is 11.2. The molecule has 4 unspecified atom stereocenters. The number of nitrogens with one attached hydrogen (secondary N) is 1. The fourth-order valence-electron chi connectivity index (χ4n) is 3.92. The monoisotopic (exact) mass is 506 g/mol. The molecule has 0 saturated carbocycles. The van der Waals surface area contributed by atoms with Crippen molar-refractivity contribution in [3.05, 3.63) is 47.5 Å². The van der Waals surface area contributed by atoms with Gasteiger partial charge in [-0.05, 0) is 31.9 Å². The van der Waals surface area contributed by atoms with Crippen molar-refractivity contribution >= 4 is 28.5 Å². The topological polar surface area (TPSA) is 113 Å². The Kier molecular flexibility index (Phi) is 8.09. The number of para-hydroxylation sites is 1. The van der Waals surface area contributed by atoms with Crippen molar-refractivity contribution in [3.63, 3.8) is 0 Å². The van der Waals surface area contributed by atoms with Gasteiger partial charge in [-0.3, -0.25) is 9.29 Å². The summed E-state index contributed by atoms with van der Waals surface area (Å²) in [6, 6.07) is 7.58. The molecule has 1 N–H and O–H groups in total. The van der Waals surface area contributed by atoms with Crippen LogP contribution in [0.5, 0.6) is 5.75 Å². The molecule has 0 bridgehead atoms. The molecule has 4 rings (SSSR count). The highest BCUT2D eigenvalue weighted by atomic mass is 35.5. The van der Waals surface area contributed by atoms with Gasteiger partial charge >= 0.3 is 0 Å². The highest BCUT2D eigenvalue weighted by Crippen LogP contribution is 2.34. The molecule has 1 fully saturated rings. The van der Waals surface area contributed by atoms with Gasteiger partial charge < -0.3 is 14.2 Å². The van der Waals surface area contributed by atoms with Gasteiger partial charge in [0.25, 0.3) is 0 Å². The maximum Gasteiger partial charge on any atom is 0.237 e. The van der Waals surface area contributed by atoms with Crippen molar-refractivity contribution in [2.24, 2.45) is 0 Å². The molecule has 182 valence electrons. The average Bonchev–Trinajstić information content (AvgIpc) is 3.29. The molecular weight excluding hydrogens is 480 g/mol. The van der Waals surface area contributed by atoms with E-state index in [0.717, 1.165) is 18.4 Å². The Bertz CT molecular complexity index is 1120. The number of anilines is 1. The summed E-state index contributed by atoms with van der Waals surface area (Å²) in [5, 5.41) is 8.68. The van der Waals surface area contributed by atoms with E-state index >= 15 is 0 Å². The van der Waals surface area contributed by atoms with Crippen LogP contribution < -0.4 is 9.46 Å². The highest BCUT2D eigenvalue weighted by molar-refractivity contribution is 7.87. The number of rotatable bonds is 9. The van der Waals surface area contributed by atoms with Gasteiger partial charge in [0.2, 0.25) is 5.95 Å². The Morgan fingerprint density at radius 2 is 2.00 bits per heavy atom. The molecule has 2 aromatic heterocycles. The maximum absolute atomic E-state index is 13.4. The summed E-state index contributed by atoms with van der Waals surface area (Å²) in [6.45, 7) is 3.02. The zero-order valence-electron chi connectivity index (χ0n) is 19.2. The molecule has 4 atom stereocenters. The molecule has 1 aliphatic heterocycles. The van der Waals surface area contributed by atoms with E-state index in [4.69, 9.17) is 25.8 Å². The summed E-state index contributed by atoms with van der Waals surface area (Å²) in [7, 11) is 1.54. The normalized spacial score (nSPS) is 18.8. The summed E-state index contributed by atoms with van der Waals surface area (Å²) in [5.74, 6) is 2.07. The van der Waals surface area contributed by atoms with Crippen LogP contribution in [0, 0.1) is 0 Å². The average molecular weight is 507 g/mol. The minimum absolute atomic E-state index is 0.0173. The molecule has 34 heavy (non-hydrogen) atoms. The lowest BCUT2D eigenvalue weighted by Gasteiger charge is -2.27. The summed E-state index contributed by atoms with van der Waals surface area (Å²) >= 11 is 5.90. The van der Waals surface area contributed by atoms with Crippen LogP contribution in [0.3, 0.4) is 0 Å². The van der Waals surface area contributed by atoms with Gasteiger partial charge in [0, 0.05) is 26.1 Å². The van der Waals surface area contributed by atoms with Crippen LogP contribution in [0.2, 0.25) is 5.02 Å². The Morgan fingerprint density at radius 3 is 2.68 bits per heavy atom. The molecule has 0 amide bonds. The summed E-state index contributed by atoms with van der Waals surface area (Å²) < 4.78 is 35.2. The molecule has 3 aromatic rings. The number of nitrogens with zero attached hydrogens (tertiary/aromatic N) is 5. The van der Waals surface area contributed by atoms with Crippen LogP contribution >= 0.6 is 11.6 Å². The predicted octanol–water partition coefficient (Wildman–Crippen LogP) is 3.60. The molecule has 12 heteroatoms. The number of ether oxygens (including phenoxy) is 3. The lowest BCUT2D eigenvalue weighted by atomic mass is 10.1. The van der Waals surface area contributed by atoms with Gasteiger partial charge in [-0.15, -0.1) is 10.2 Å². The van der Waals surface area contributed by atoms with E-state index in [1.54, 1.807) is 14.0 Å². The number of methoxy groups -OCH3 is 2. The van der Waals surface area contributed by atoms with Crippen LogP contribution in [-0.4, -0.2) is 61.6 Å². The first-order valence-electron chi connectivity index (χ1n) is 10.9. The zero-order valence-corrected chi connectivity index (χ0v) is 20.8. The third-order valence-corrected chi connectivity index (χ3v) is 7.15. The molecule has 1 aromatic carbocycles. The first-order valence-corrected chi connectivity index (χ1v) is 12.5. The summed E-state index contributed by atoms with van der Waals surface area (Å²) in [4.78, 5) is 8.44. The van der Waals surface area contributed by atoms with E-state index in [1.165, 1.54) is 19.5 Å². The van der Waals surface area contributed by atoms with Crippen LogP contribution in [0.4, 0.5) is 5.95 Å². The fraction of sp³-hybridized carbons (Fsp3) is 0.455. The number of aromatic nitrogens is 5. The molecule has 1 aliphatic rings. The van der Waals surface area contributed by atoms with Crippen molar-refractivity contribution in [1.29, 1.82) is 0 Å². The standard InChI is InChI=1S/C22H27ClN6O4S/c1-14(19(32-3)20-24-11-15(23)12-25-20)34(30)28-22-27-26-21(17-8-4-5-9-18(17)31-2)29(22)16-7-6-10-33-13-16/h4-5,8-9,11-12,14,16,19H,6-7,10,13H2,1-3H3,(H,27,28). The van der Waals surface area contributed by atoms with Gasteiger partial charge in [-0.1, -0.05) is 23.7 Å². The lowest BCUT2D eigenvalue weighted by molar-refractivity contribution is 0.0602. The van der Waals surface area contributed by atoms with Crippen molar-refractivity contribution < 1.29 is 18.4 Å². The van der Waals surface area contributed by atoms with Crippen molar-refractivity contribution in [2.45, 2.75) is 37.2 Å². The third kappa shape index (κ3) is 5.22. The molecule has 3 heterocycles. The first kappa shape index (κ1) is 24.5. The smallest absolute Gasteiger partial charge is 0.237 e. The third-order valence-electron chi connectivity index (χ3n) is 5.65. The molecule has 0 spiro atoms. The van der Waals surface area contributed by atoms with Crippen LogP contribution in [0.25, 0.3) is 11.4 Å². The Hall–Kier alpha value is -2.60. The van der Waals surface area contributed by atoms with Gasteiger partial charge in [0.15, 0.2) is 11.6 Å². The first-order chi connectivity index (χ1) is 16.5. The van der Waals surface area contributed by atoms with Crippen molar-refractivity contribution in [1.82, 2.24) is 24.7 Å².